The van der Waals surface area contributed by atoms with Gasteiger partial charge in [0, 0.05) is 24.7 Å². The van der Waals surface area contributed by atoms with Crippen molar-refractivity contribution in [2.45, 2.75) is 32.0 Å². The van der Waals surface area contributed by atoms with Crippen LogP contribution in [0.25, 0.3) is 0 Å². The summed E-state index contributed by atoms with van der Waals surface area (Å²) in [5, 5.41) is 0. The van der Waals surface area contributed by atoms with Gasteiger partial charge >= 0.3 is 0 Å². The lowest BCUT2D eigenvalue weighted by Crippen LogP contribution is -2.21. The van der Waals surface area contributed by atoms with E-state index >= 15 is 0 Å². The van der Waals surface area contributed by atoms with Gasteiger partial charge in [0.2, 0.25) is 0 Å². The van der Waals surface area contributed by atoms with E-state index in [1.54, 1.807) is 18.4 Å². The minimum Gasteiger partial charge on any atom is -0.462 e. The van der Waals surface area contributed by atoms with Gasteiger partial charge in [-0.3, -0.25) is 9.88 Å². The van der Waals surface area contributed by atoms with Crippen molar-refractivity contribution in [2.24, 2.45) is 0 Å². The summed E-state index contributed by atoms with van der Waals surface area (Å²) in [6.07, 6.45) is 4.35. The average molecular weight is 278 g/mol. The zero-order valence-electron chi connectivity index (χ0n) is 11.0. The summed E-state index contributed by atoms with van der Waals surface area (Å²) in [5.41, 5.74) is 1.89. The molecule has 1 fully saturated rings. The molecule has 0 aliphatic carbocycles. The Hall–Kier alpha value is -1.17. The summed E-state index contributed by atoms with van der Waals surface area (Å²) >= 11 is 1.72. The molecule has 1 atom stereocenters. The minimum atomic E-state index is 0.396. The predicted molar refractivity (Wildman–Crippen MR) is 73.9 cm³/mol. The van der Waals surface area contributed by atoms with Gasteiger partial charge in [-0.25, -0.2) is 0 Å². The van der Waals surface area contributed by atoms with Crippen LogP contribution in [0.5, 0.6) is 0 Å². The Morgan fingerprint density at radius 1 is 1.53 bits per heavy atom. The van der Waals surface area contributed by atoms with Gasteiger partial charge in [-0.05, 0) is 31.5 Å². The summed E-state index contributed by atoms with van der Waals surface area (Å²) in [4.78, 5) is 7.93. The van der Waals surface area contributed by atoms with Crippen LogP contribution in [-0.2, 0) is 17.9 Å². The molecule has 2 aromatic rings. The van der Waals surface area contributed by atoms with E-state index in [0.717, 1.165) is 24.6 Å². The molecule has 5 heteroatoms. The fraction of sp³-hybridized carbons (Fsp3) is 0.500. The molecular weight excluding hydrogens is 260 g/mol. The van der Waals surface area contributed by atoms with Gasteiger partial charge in [0.25, 0.3) is 0 Å². The fourth-order valence-electron chi connectivity index (χ4n) is 2.65. The monoisotopic (exact) mass is 278 g/mol. The number of furan rings is 1. The molecule has 19 heavy (non-hydrogen) atoms. The Kier molecular flexibility index (Phi) is 3.96. The average Bonchev–Trinajstić information content (AvgIpc) is 3.11. The van der Waals surface area contributed by atoms with Crippen LogP contribution in [0.1, 0.15) is 35.3 Å². The first-order chi connectivity index (χ1) is 9.36. The molecule has 102 valence electrons. The van der Waals surface area contributed by atoms with E-state index < -0.39 is 0 Å². The second kappa shape index (κ2) is 5.86. The molecular formula is C14H18N2O2S. The number of rotatable bonds is 5. The molecule has 0 bridgehead atoms. The van der Waals surface area contributed by atoms with Crippen LogP contribution in [0, 0.1) is 0 Å². The van der Waals surface area contributed by atoms with E-state index in [2.05, 4.69) is 16.0 Å². The summed E-state index contributed by atoms with van der Waals surface area (Å²) in [7, 11) is 1.69. The van der Waals surface area contributed by atoms with Crippen LogP contribution in [-0.4, -0.2) is 23.5 Å². The third-order valence-corrected chi connectivity index (χ3v) is 4.27. The van der Waals surface area contributed by atoms with Gasteiger partial charge in [-0.15, -0.1) is 11.3 Å². The maximum absolute atomic E-state index is 5.88. The predicted octanol–water partition coefficient (Wildman–Crippen LogP) is 3.22. The third kappa shape index (κ3) is 2.88. The molecule has 0 aromatic carbocycles. The zero-order chi connectivity index (χ0) is 13.1. The van der Waals surface area contributed by atoms with Crippen LogP contribution < -0.4 is 0 Å². The van der Waals surface area contributed by atoms with Gasteiger partial charge in [0.15, 0.2) is 0 Å². The van der Waals surface area contributed by atoms with Crippen molar-refractivity contribution in [3.05, 3.63) is 40.2 Å². The largest absolute Gasteiger partial charge is 0.462 e. The summed E-state index contributed by atoms with van der Waals surface area (Å²) < 4.78 is 11.0. The third-order valence-electron chi connectivity index (χ3n) is 3.50. The van der Waals surface area contributed by atoms with Crippen LogP contribution in [0.2, 0.25) is 0 Å². The maximum atomic E-state index is 5.88. The fourth-order valence-corrected chi connectivity index (χ4v) is 3.27. The standard InChI is InChI=1S/C14H18N2O2S/c1-17-9-11-4-5-14(18-11)13-3-2-6-16(13)8-12-7-15-10-19-12/h4-5,7,10,13H,2-3,6,8-9H2,1H3/t13-/m0/s1. The van der Waals surface area contributed by atoms with Crippen molar-refractivity contribution in [1.82, 2.24) is 9.88 Å². The molecule has 3 rings (SSSR count). The van der Waals surface area contributed by atoms with E-state index in [4.69, 9.17) is 9.15 Å². The number of thiazole rings is 1. The van der Waals surface area contributed by atoms with Crippen LogP contribution >= 0.6 is 11.3 Å². The van der Waals surface area contributed by atoms with Crippen LogP contribution in [0.15, 0.2) is 28.3 Å². The first kappa shape index (κ1) is 12.8. The number of ether oxygens (including phenoxy) is 1. The molecule has 2 aromatic heterocycles. The second-order valence-electron chi connectivity index (χ2n) is 4.83. The number of nitrogens with zero attached hydrogens (tertiary/aromatic N) is 2. The van der Waals surface area contributed by atoms with Gasteiger partial charge < -0.3 is 9.15 Å². The Labute approximate surface area is 117 Å². The quantitative estimate of drug-likeness (QED) is 0.841. The van der Waals surface area contributed by atoms with Crippen LogP contribution in [0.3, 0.4) is 0 Å². The number of hydrogen-bond acceptors (Lipinski definition) is 5. The lowest BCUT2D eigenvalue weighted by molar-refractivity contribution is 0.155. The van der Waals surface area contributed by atoms with Crippen molar-refractivity contribution >= 4 is 11.3 Å². The normalized spacial score (nSPS) is 20.2. The Morgan fingerprint density at radius 2 is 2.47 bits per heavy atom. The molecule has 0 radical (unpaired) electrons. The second-order valence-corrected chi connectivity index (χ2v) is 5.80. The van der Waals surface area contributed by atoms with E-state index in [0.29, 0.717) is 12.6 Å². The smallest absolute Gasteiger partial charge is 0.129 e. The zero-order valence-corrected chi connectivity index (χ0v) is 11.9. The van der Waals surface area contributed by atoms with Crippen LogP contribution in [0.4, 0.5) is 0 Å². The lowest BCUT2D eigenvalue weighted by atomic mass is 10.1. The van der Waals surface area contributed by atoms with E-state index in [1.807, 2.05) is 17.8 Å². The Balaban J connectivity index is 1.71. The molecule has 0 amide bonds. The minimum absolute atomic E-state index is 0.396. The highest BCUT2D eigenvalue weighted by Crippen LogP contribution is 2.34. The van der Waals surface area contributed by atoms with Crippen molar-refractivity contribution in [2.75, 3.05) is 13.7 Å². The highest BCUT2D eigenvalue weighted by atomic mass is 32.1. The summed E-state index contributed by atoms with van der Waals surface area (Å²) in [6, 6.07) is 4.50. The Morgan fingerprint density at radius 3 is 3.26 bits per heavy atom. The first-order valence-corrected chi connectivity index (χ1v) is 7.44. The number of likely N-dealkylation sites (tertiary alicyclic amines) is 1. The SMILES string of the molecule is COCc1ccc([C@@H]2CCCN2Cc2cncs2)o1. The lowest BCUT2D eigenvalue weighted by Gasteiger charge is -2.21. The molecule has 0 saturated carbocycles. The van der Waals surface area contributed by atoms with E-state index in [1.165, 1.54) is 17.7 Å². The molecule has 0 unspecified atom stereocenters. The molecule has 1 aliphatic heterocycles. The highest BCUT2D eigenvalue weighted by molar-refractivity contribution is 7.09. The highest BCUT2D eigenvalue weighted by Gasteiger charge is 2.28. The molecule has 3 heterocycles. The van der Waals surface area contributed by atoms with Crippen molar-refractivity contribution in [3.63, 3.8) is 0 Å². The topological polar surface area (TPSA) is 38.5 Å². The van der Waals surface area contributed by atoms with E-state index in [-0.39, 0.29) is 0 Å². The van der Waals surface area contributed by atoms with E-state index in [9.17, 15) is 0 Å². The van der Waals surface area contributed by atoms with Gasteiger partial charge in [0.1, 0.15) is 18.1 Å². The van der Waals surface area contributed by atoms with Gasteiger partial charge in [-0.2, -0.15) is 0 Å². The number of aromatic nitrogens is 1. The van der Waals surface area contributed by atoms with Crippen molar-refractivity contribution in [1.29, 1.82) is 0 Å². The van der Waals surface area contributed by atoms with Gasteiger partial charge in [-0.1, -0.05) is 0 Å². The van der Waals surface area contributed by atoms with Crippen molar-refractivity contribution in [3.8, 4) is 0 Å². The summed E-state index contributed by atoms with van der Waals surface area (Å²) in [5.74, 6) is 1.97. The maximum Gasteiger partial charge on any atom is 0.129 e. The first-order valence-electron chi connectivity index (χ1n) is 6.56. The molecule has 1 saturated heterocycles. The number of methoxy groups -OCH3 is 1. The number of hydrogen-bond donors (Lipinski definition) is 0. The molecule has 1 aliphatic rings. The summed E-state index contributed by atoms with van der Waals surface area (Å²) in [6.45, 7) is 2.64. The molecule has 4 nitrogen and oxygen atoms in total. The van der Waals surface area contributed by atoms with Gasteiger partial charge in [0.05, 0.1) is 11.6 Å². The molecule has 0 spiro atoms. The van der Waals surface area contributed by atoms with Crippen molar-refractivity contribution < 1.29 is 9.15 Å². The molecule has 0 N–H and O–H groups in total. The Bertz CT molecular complexity index is 509.